The molecule has 1 heterocycles. The maximum absolute atomic E-state index is 11.7. The van der Waals surface area contributed by atoms with Gasteiger partial charge >= 0.3 is 0 Å². The molecule has 1 fully saturated rings. The molecule has 2 N–H and O–H groups in total. The molecule has 24 heavy (non-hydrogen) atoms. The molecule has 1 atom stereocenters. The van der Waals surface area contributed by atoms with Gasteiger partial charge in [0.2, 0.25) is 5.91 Å². The Morgan fingerprint density at radius 3 is 2.88 bits per heavy atom. The van der Waals surface area contributed by atoms with E-state index < -0.39 is 0 Å². The summed E-state index contributed by atoms with van der Waals surface area (Å²) in [5, 5.41) is 6.12. The Labute approximate surface area is 157 Å². The van der Waals surface area contributed by atoms with Crippen molar-refractivity contribution < 1.29 is 9.53 Å². The van der Waals surface area contributed by atoms with E-state index in [0.717, 1.165) is 44.8 Å². The van der Waals surface area contributed by atoms with E-state index in [1.165, 1.54) is 5.69 Å². The second-order valence-electron chi connectivity index (χ2n) is 5.81. The number of nitrogens with one attached hydrogen (secondary N) is 2. The van der Waals surface area contributed by atoms with Crippen LogP contribution in [0, 0.1) is 5.92 Å². The average molecular weight is 378 g/mol. The van der Waals surface area contributed by atoms with E-state index in [4.69, 9.17) is 4.74 Å². The molecule has 0 bridgehead atoms. The van der Waals surface area contributed by atoms with E-state index in [2.05, 4.69) is 27.7 Å². The fraction of sp³-hybridized carbons (Fsp3) is 0.588. The summed E-state index contributed by atoms with van der Waals surface area (Å²) in [5.41, 5.74) is 1.20. The highest BCUT2D eigenvalue weighted by Crippen LogP contribution is 2.26. The summed E-state index contributed by atoms with van der Waals surface area (Å²) < 4.78 is 5.28. The smallest absolute Gasteiger partial charge is 0.220 e. The SMILES string of the molecule is CNCCCC(=O)NCC1CCN(c2cccc(OC)c2)C1.Cl.Cl. The lowest BCUT2D eigenvalue weighted by atomic mass is 10.1. The molecule has 1 saturated heterocycles. The fourth-order valence-corrected chi connectivity index (χ4v) is 2.81. The number of hydrogen-bond donors (Lipinski definition) is 2. The Kier molecular flexibility index (Phi) is 11.6. The van der Waals surface area contributed by atoms with Crippen LogP contribution in [-0.2, 0) is 4.79 Å². The number of benzene rings is 1. The van der Waals surface area contributed by atoms with Gasteiger partial charge in [-0.2, -0.15) is 0 Å². The number of anilines is 1. The van der Waals surface area contributed by atoms with Crippen molar-refractivity contribution in [3.63, 3.8) is 0 Å². The highest BCUT2D eigenvalue weighted by Gasteiger charge is 2.23. The molecule has 1 amide bonds. The van der Waals surface area contributed by atoms with Crippen LogP contribution in [0.25, 0.3) is 0 Å². The largest absolute Gasteiger partial charge is 0.497 e. The molecule has 0 radical (unpaired) electrons. The minimum absolute atomic E-state index is 0. The summed E-state index contributed by atoms with van der Waals surface area (Å²) in [6, 6.07) is 8.16. The van der Waals surface area contributed by atoms with Crippen molar-refractivity contribution in [2.24, 2.45) is 5.92 Å². The van der Waals surface area contributed by atoms with Crippen LogP contribution in [0.4, 0.5) is 5.69 Å². The minimum atomic E-state index is 0. The van der Waals surface area contributed by atoms with E-state index in [9.17, 15) is 4.79 Å². The number of hydrogen-bond acceptors (Lipinski definition) is 4. The zero-order chi connectivity index (χ0) is 15.8. The predicted molar refractivity (Wildman–Crippen MR) is 104 cm³/mol. The Bertz CT molecular complexity index is 489. The van der Waals surface area contributed by atoms with Gasteiger partial charge in [0.15, 0.2) is 0 Å². The minimum Gasteiger partial charge on any atom is -0.497 e. The first-order valence-electron chi connectivity index (χ1n) is 8.03. The van der Waals surface area contributed by atoms with Crippen molar-refractivity contribution in [1.29, 1.82) is 0 Å². The fourth-order valence-electron chi connectivity index (χ4n) is 2.81. The second kappa shape index (κ2) is 12.2. The number of halogens is 2. The average Bonchev–Trinajstić information content (AvgIpc) is 3.02. The van der Waals surface area contributed by atoms with Crippen LogP contribution in [0.5, 0.6) is 5.75 Å². The van der Waals surface area contributed by atoms with Crippen LogP contribution in [0.3, 0.4) is 0 Å². The normalized spacial score (nSPS) is 16.1. The van der Waals surface area contributed by atoms with E-state index in [-0.39, 0.29) is 30.7 Å². The van der Waals surface area contributed by atoms with E-state index in [1.807, 2.05) is 19.2 Å². The van der Waals surface area contributed by atoms with Crippen molar-refractivity contribution in [2.45, 2.75) is 19.3 Å². The summed E-state index contributed by atoms with van der Waals surface area (Å²) in [6.45, 7) is 3.69. The van der Waals surface area contributed by atoms with Crippen LogP contribution < -0.4 is 20.3 Å². The molecule has 0 saturated carbocycles. The van der Waals surface area contributed by atoms with Gasteiger partial charge in [-0.3, -0.25) is 4.79 Å². The first-order valence-corrected chi connectivity index (χ1v) is 8.03. The van der Waals surface area contributed by atoms with Crippen molar-refractivity contribution in [3.05, 3.63) is 24.3 Å². The summed E-state index contributed by atoms with van der Waals surface area (Å²) >= 11 is 0. The standard InChI is InChI=1S/C17H27N3O2.2ClH/c1-18-9-4-7-17(21)19-12-14-8-10-20(13-14)15-5-3-6-16(11-15)22-2;;/h3,5-6,11,14,18H,4,7-10,12-13H2,1-2H3,(H,19,21);2*1H. The first kappa shape index (κ1) is 22.8. The van der Waals surface area contributed by atoms with Crippen molar-refractivity contribution in [2.75, 3.05) is 45.2 Å². The van der Waals surface area contributed by atoms with Crippen molar-refractivity contribution in [1.82, 2.24) is 10.6 Å². The van der Waals surface area contributed by atoms with Gasteiger partial charge in [-0.15, -0.1) is 24.8 Å². The Morgan fingerprint density at radius 1 is 1.38 bits per heavy atom. The van der Waals surface area contributed by atoms with Gasteiger partial charge in [0.1, 0.15) is 5.75 Å². The molecule has 1 unspecified atom stereocenters. The topological polar surface area (TPSA) is 53.6 Å². The molecule has 1 aliphatic heterocycles. The summed E-state index contributed by atoms with van der Waals surface area (Å²) in [5.74, 6) is 1.58. The van der Waals surface area contributed by atoms with Crippen LogP contribution in [-0.4, -0.2) is 46.2 Å². The highest BCUT2D eigenvalue weighted by atomic mass is 35.5. The monoisotopic (exact) mass is 377 g/mol. The van der Waals surface area contributed by atoms with Crippen LogP contribution in [0.15, 0.2) is 24.3 Å². The van der Waals surface area contributed by atoms with Gasteiger partial charge in [0.05, 0.1) is 7.11 Å². The third-order valence-electron chi connectivity index (χ3n) is 4.12. The molecule has 0 spiro atoms. The number of carbonyl (C=O) groups excluding carboxylic acids is 1. The zero-order valence-electron chi connectivity index (χ0n) is 14.4. The maximum Gasteiger partial charge on any atom is 0.220 e. The third kappa shape index (κ3) is 7.16. The Balaban J connectivity index is 0.00000264. The molecule has 0 aromatic heterocycles. The lowest BCUT2D eigenvalue weighted by Gasteiger charge is -2.19. The molecule has 1 aromatic carbocycles. The quantitative estimate of drug-likeness (QED) is 0.683. The Hall–Kier alpha value is -1.17. The lowest BCUT2D eigenvalue weighted by molar-refractivity contribution is -0.121. The summed E-state index contributed by atoms with van der Waals surface area (Å²) in [7, 11) is 3.60. The van der Waals surface area contributed by atoms with Gasteiger partial charge in [-0.1, -0.05) is 6.07 Å². The molecule has 2 rings (SSSR count). The number of amides is 1. The van der Waals surface area contributed by atoms with Crippen LogP contribution in [0.1, 0.15) is 19.3 Å². The number of rotatable bonds is 8. The molecule has 1 aliphatic rings. The molecule has 1 aromatic rings. The van der Waals surface area contributed by atoms with Crippen molar-refractivity contribution >= 4 is 36.4 Å². The number of carbonyl (C=O) groups is 1. The van der Waals surface area contributed by atoms with Gasteiger partial charge in [0.25, 0.3) is 0 Å². The van der Waals surface area contributed by atoms with Gasteiger partial charge in [-0.05, 0) is 44.5 Å². The number of ether oxygens (including phenoxy) is 1. The third-order valence-corrected chi connectivity index (χ3v) is 4.12. The lowest BCUT2D eigenvalue weighted by Crippen LogP contribution is -2.31. The van der Waals surface area contributed by atoms with Gasteiger partial charge in [0, 0.05) is 37.8 Å². The van der Waals surface area contributed by atoms with Gasteiger partial charge in [-0.25, -0.2) is 0 Å². The van der Waals surface area contributed by atoms with E-state index in [1.54, 1.807) is 7.11 Å². The number of nitrogens with zero attached hydrogens (tertiary/aromatic N) is 1. The van der Waals surface area contributed by atoms with E-state index in [0.29, 0.717) is 12.3 Å². The Morgan fingerprint density at radius 2 is 2.17 bits per heavy atom. The molecular formula is C17H29Cl2N3O2. The van der Waals surface area contributed by atoms with Crippen LogP contribution in [0.2, 0.25) is 0 Å². The molecule has 0 aliphatic carbocycles. The maximum atomic E-state index is 11.7. The van der Waals surface area contributed by atoms with Crippen LogP contribution >= 0.6 is 24.8 Å². The molecule has 138 valence electrons. The summed E-state index contributed by atoms with van der Waals surface area (Å²) in [4.78, 5) is 14.1. The number of methoxy groups -OCH3 is 1. The molecular weight excluding hydrogens is 349 g/mol. The first-order chi connectivity index (χ1) is 10.7. The molecule has 5 nitrogen and oxygen atoms in total. The van der Waals surface area contributed by atoms with E-state index >= 15 is 0 Å². The van der Waals surface area contributed by atoms with Gasteiger partial charge < -0.3 is 20.3 Å². The molecule has 7 heteroatoms. The second-order valence-corrected chi connectivity index (χ2v) is 5.81. The van der Waals surface area contributed by atoms with Crippen molar-refractivity contribution in [3.8, 4) is 5.75 Å². The predicted octanol–water partition coefficient (Wildman–Crippen LogP) is 2.48. The summed E-state index contributed by atoms with van der Waals surface area (Å²) in [6.07, 6.45) is 2.62. The zero-order valence-corrected chi connectivity index (χ0v) is 16.0. The highest BCUT2D eigenvalue weighted by molar-refractivity contribution is 5.85.